The second-order valence-corrected chi connectivity index (χ2v) is 6.87. The standard InChI is InChI=1S/C15H16O5P2/c16-21-18-13-22(17,19-11-14-7-3-1-4-8-14)20-12-15-9-5-2-6-10-15/h1-10H,11-13H2. The molecule has 0 spiro atoms. The number of hydrogen-bond acceptors (Lipinski definition) is 5. The van der Waals surface area contributed by atoms with Crippen molar-refractivity contribution in [3.63, 3.8) is 0 Å². The van der Waals surface area contributed by atoms with Gasteiger partial charge >= 0.3 is 16.3 Å². The Morgan fingerprint density at radius 1 is 0.818 bits per heavy atom. The topological polar surface area (TPSA) is 61.8 Å². The van der Waals surface area contributed by atoms with Crippen LogP contribution in [0, 0.1) is 0 Å². The molecule has 116 valence electrons. The monoisotopic (exact) mass is 338 g/mol. The van der Waals surface area contributed by atoms with E-state index in [1.165, 1.54) is 0 Å². The lowest BCUT2D eigenvalue weighted by atomic mass is 10.2. The predicted octanol–water partition coefficient (Wildman–Crippen LogP) is 4.79. The number of hydrogen-bond donors (Lipinski definition) is 0. The van der Waals surface area contributed by atoms with Crippen molar-refractivity contribution in [3.05, 3.63) is 71.8 Å². The summed E-state index contributed by atoms with van der Waals surface area (Å²) in [6.45, 7) is 0.262. The fourth-order valence-electron chi connectivity index (χ4n) is 1.70. The van der Waals surface area contributed by atoms with Crippen molar-refractivity contribution in [1.29, 1.82) is 0 Å². The van der Waals surface area contributed by atoms with Crippen molar-refractivity contribution in [2.24, 2.45) is 0 Å². The molecule has 2 rings (SSSR count). The highest BCUT2D eigenvalue weighted by atomic mass is 31.2. The molecule has 0 radical (unpaired) electrons. The van der Waals surface area contributed by atoms with E-state index in [9.17, 15) is 9.13 Å². The van der Waals surface area contributed by atoms with Crippen LogP contribution >= 0.6 is 16.3 Å². The van der Waals surface area contributed by atoms with Crippen LogP contribution < -0.4 is 0 Å². The first-order valence-electron chi connectivity index (χ1n) is 6.62. The van der Waals surface area contributed by atoms with Crippen LogP contribution in [0.4, 0.5) is 0 Å². The molecule has 0 atom stereocenters. The van der Waals surface area contributed by atoms with E-state index in [-0.39, 0.29) is 19.6 Å². The van der Waals surface area contributed by atoms with Gasteiger partial charge in [-0.05, 0) is 11.1 Å². The van der Waals surface area contributed by atoms with Gasteiger partial charge in [0.05, 0.1) is 13.2 Å². The molecule has 0 fully saturated rings. The first-order chi connectivity index (χ1) is 10.7. The normalized spacial score (nSPS) is 11.6. The second kappa shape index (κ2) is 8.94. The van der Waals surface area contributed by atoms with Gasteiger partial charge in [0.2, 0.25) is 0 Å². The van der Waals surface area contributed by atoms with Crippen molar-refractivity contribution < 1.29 is 22.7 Å². The molecule has 0 aliphatic carbocycles. The van der Waals surface area contributed by atoms with E-state index in [2.05, 4.69) is 4.52 Å². The van der Waals surface area contributed by atoms with E-state index in [1.807, 2.05) is 60.7 Å². The van der Waals surface area contributed by atoms with Gasteiger partial charge in [-0.1, -0.05) is 60.7 Å². The predicted molar refractivity (Wildman–Crippen MR) is 83.6 cm³/mol. The summed E-state index contributed by atoms with van der Waals surface area (Å²) >= 11 is 0. The Morgan fingerprint density at radius 2 is 1.27 bits per heavy atom. The zero-order valence-electron chi connectivity index (χ0n) is 11.8. The van der Waals surface area contributed by atoms with Crippen molar-refractivity contribution in [3.8, 4) is 0 Å². The molecular formula is C15H16O5P2. The highest BCUT2D eigenvalue weighted by Gasteiger charge is 2.26. The maximum atomic E-state index is 12.6. The smallest absolute Gasteiger partial charge is 0.302 e. The van der Waals surface area contributed by atoms with Gasteiger partial charge in [0, 0.05) is 0 Å². The van der Waals surface area contributed by atoms with Gasteiger partial charge in [-0.2, -0.15) is 0 Å². The maximum Gasteiger partial charge on any atom is 0.357 e. The Bertz CT molecular complexity index is 571. The second-order valence-electron chi connectivity index (χ2n) is 4.46. The molecule has 0 aromatic heterocycles. The van der Waals surface area contributed by atoms with Gasteiger partial charge < -0.3 is 9.05 Å². The third-order valence-electron chi connectivity index (χ3n) is 2.81. The quantitative estimate of drug-likeness (QED) is 0.615. The summed E-state index contributed by atoms with van der Waals surface area (Å²) in [6, 6.07) is 18.6. The Kier molecular flexibility index (Phi) is 6.91. The summed E-state index contributed by atoms with van der Waals surface area (Å²) in [5.41, 5.74) is 1.73. The van der Waals surface area contributed by atoms with Gasteiger partial charge in [0.25, 0.3) is 0 Å². The molecule has 0 unspecified atom stereocenters. The summed E-state index contributed by atoms with van der Waals surface area (Å²) in [5.74, 6) is 0. The number of rotatable bonds is 9. The lowest BCUT2D eigenvalue weighted by Gasteiger charge is -2.17. The molecule has 7 heteroatoms. The van der Waals surface area contributed by atoms with Crippen LogP contribution in [-0.2, 0) is 35.9 Å². The first-order valence-corrected chi connectivity index (χ1v) is 9.08. The molecule has 2 aromatic carbocycles. The summed E-state index contributed by atoms with van der Waals surface area (Å²) in [7, 11) is -4.06. The summed E-state index contributed by atoms with van der Waals surface area (Å²) in [4.78, 5) is 0. The lowest BCUT2D eigenvalue weighted by molar-refractivity contribution is 0.174. The molecule has 5 nitrogen and oxygen atoms in total. The third-order valence-corrected chi connectivity index (χ3v) is 4.74. The molecule has 0 N–H and O–H groups in total. The zero-order valence-corrected chi connectivity index (χ0v) is 13.6. The van der Waals surface area contributed by atoms with Crippen LogP contribution in [0.5, 0.6) is 0 Å². The lowest BCUT2D eigenvalue weighted by Crippen LogP contribution is -2.01. The van der Waals surface area contributed by atoms with Gasteiger partial charge in [-0.15, -0.1) is 0 Å². The van der Waals surface area contributed by atoms with Gasteiger partial charge in [0.1, 0.15) is 0 Å². The molecule has 0 heterocycles. The van der Waals surface area contributed by atoms with Crippen LogP contribution in [0.2, 0.25) is 0 Å². The molecule has 0 saturated carbocycles. The molecule has 22 heavy (non-hydrogen) atoms. The SMILES string of the molecule is O=POCP(=O)(OCc1ccccc1)OCc1ccccc1. The maximum absolute atomic E-state index is 12.6. The first kappa shape index (κ1) is 17.0. The molecule has 0 aliphatic heterocycles. The van der Waals surface area contributed by atoms with Crippen LogP contribution in [0.3, 0.4) is 0 Å². The van der Waals surface area contributed by atoms with Gasteiger partial charge in [0.15, 0.2) is 6.35 Å². The minimum atomic E-state index is -3.50. The third kappa shape index (κ3) is 5.80. The van der Waals surface area contributed by atoms with Crippen molar-refractivity contribution in [2.75, 3.05) is 6.35 Å². The molecule has 2 aromatic rings. The summed E-state index contributed by atoms with van der Waals surface area (Å²) < 4.78 is 38.5. The fourth-order valence-corrected chi connectivity index (χ4v) is 3.37. The van der Waals surface area contributed by atoms with Crippen LogP contribution in [-0.4, -0.2) is 6.35 Å². The van der Waals surface area contributed by atoms with Crippen LogP contribution in [0.1, 0.15) is 11.1 Å². The van der Waals surface area contributed by atoms with Gasteiger partial charge in [-0.25, -0.2) is 4.57 Å². The average molecular weight is 338 g/mol. The highest BCUT2D eigenvalue weighted by molar-refractivity contribution is 7.53. The van der Waals surface area contributed by atoms with Crippen molar-refractivity contribution in [2.45, 2.75) is 13.2 Å². The van der Waals surface area contributed by atoms with E-state index < -0.39 is 16.3 Å². The average Bonchev–Trinajstić information content (AvgIpc) is 2.59. The van der Waals surface area contributed by atoms with Crippen molar-refractivity contribution in [1.82, 2.24) is 0 Å². The Hall–Kier alpha value is -1.35. The molecule has 0 aliphatic rings. The Morgan fingerprint density at radius 3 is 1.68 bits per heavy atom. The van der Waals surface area contributed by atoms with E-state index in [4.69, 9.17) is 9.05 Å². The van der Waals surface area contributed by atoms with E-state index in [0.29, 0.717) is 0 Å². The minimum Gasteiger partial charge on any atom is -0.302 e. The largest absolute Gasteiger partial charge is 0.357 e. The van der Waals surface area contributed by atoms with Crippen LogP contribution in [0.15, 0.2) is 60.7 Å². The van der Waals surface area contributed by atoms with E-state index in [1.54, 1.807) is 0 Å². The summed E-state index contributed by atoms with van der Waals surface area (Å²) in [5, 5.41) is 0. The fraction of sp³-hybridized carbons (Fsp3) is 0.200. The van der Waals surface area contributed by atoms with Gasteiger partial charge in [-0.3, -0.25) is 9.09 Å². The molecule has 0 bridgehead atoms. The zero-order chi connectivity index (χ0) is 15.7. The van der Waals surface area contributed by atoms with E-state index >= 15 is 0 Å². The number of benzene rings is 2. The molecule has 0 saturated heterocycles. The molecule has 0 amide bonds. The summed E-state index contributed by atoms with van der Waals surface area (Å²) in [6.07, 6.45) is -0.363. The minimum absolute atomic E-state index is 0.131. The highest BCUT2D eigenvalue weighted by Crippen LogP contribution is 2.50. The van der Waals surface area contributed by atoms with Crippen molar-refractivity contribution >= 4 is 16.3 Å². The molecular weight excluding hydrogens is 322 g/mol. The Labute approximate surface area is 131 Å². The Balaban J connectivity index is 1.96. The van der Waals surface area contributed by atoms with Crippen LogP contribution in [0.25, 0.3) is 0 Å². The van der Waals surface area contributed by atoms with E-state index in [0.717, 1.165) is 11.1 Å².